The molecule has 3 heteroatoms. The van der Waals surface area contributed by atoms with E-state index in [1.807, 2.05) is 0 Å². The summed E-state index contributed by atoms with van der Waals surface area (Å²) in [5.74, 6) is 0. The Balaban J connectivity index is 2.48. The van der Waals surface area contributed by atoms with Crippen molar-refractivity contribution in [2.24, 2.45) is 5.41 Å². The number of hydrogen-bond donors (Lipinski definition) is 0. The molecule has 1 rings (SSSR count). The molecule has 0 aliphatic carbocycles. The quantitative estimate of drug-likeness (QED) is 0.562. The smallest absolute Gasteiger partial charge is 0.110 e. The molecule has 1 fully saturated rings. The fourth-order valence-electron chi connectivity index (χ4n) is 2.46. The van der Waals surface area contributed by atoms with Crippen LogP contribution in [0.25, 0.3) is 0 Å². The molecule has 0 aromatic carbocycles. The lowest BCUT2D eigenvalue weighted by molar-refractivity contribution is -0.0942. The maximum atomic E-state index is 6.04. The van der Waals surface area contributed by atoms with Crippen molar-refractivity contribution in [3.8, 4) is 0 Å². The summed E-state index contributed by atoms with van der Waals surface area (Å²) in [6, 6.07) is -0.164. The molecular weight excluding hydrogens is 257 g/mol. The van der Waals surface area contributed by atoms with Gasteiger partial charge in [0, 0.05) is 25.6 Å². The van der Waals surface area contributed by atoms with Crippen LogP contribution in [-0.2, 0) is 4.74 Å². The molecule has 2 nitrogen and oxygen atoms in total. The zero-order chi connectivity index (χ0) is 16.0. The van der Waals surface area contributed by atoms with Crippen LogP contribution in [0.5, 0.6) is 0 Å². The lowest BCUT2D eigenvalue weighted by Gasteiger charge is -2.42. The molecule has 0 spiro atoms. The van der Waals surface area contributed by atoms with Gasteiger partial charge >= 0.3 is 0 Å². The first kappa shape index (κ1) is 18.5. The Morgan fingerprint density at radius 1 is 1.19 bits per heavy atom. The highest BCUT2D eigenvalue weighted by atomic mass is 16.5. The SMILES string of the molecule is [B]C1CN(C/C=C(\C)CCC=C(C)C)CC(C(C)(C)C)O1. The van der Waals surface area contributed by atoms with Crippen LogP contribution < -0.4 is 0 Å². The summed E-state index contributed by atoms with van der Waals surface area (Å²) in [7, 11) is 6.04. The summed E-state index contributed by atoms with van der Waals surface area (Å²) in [5, 5.41) is 0. The van der Waals surface area contributed by atoms with Crippen LogP contribution in [0, 0.1) is 5.41 Å². The monoisotopic (exact) mass is 289 g/mol. The molecule has 0 N–H and O–H groups in total. The molecule has 2 unspecified atom stereocenters. The third-order valence-electron chi connectivity index (χ3n) is 3.96. The molecule has 0 saturated carbocycles. The number of ether oxygens (including phenoxy) is 1. The lowest BCUT2D eigenvalue weighted by atomic mass is 9.85. The molecule has 118 valence electrons. The molecule has 1 heterocycles. The van der Waals surface area contributed by atoms with E-state index < -0.39 is 0 Å². The average molecular weight is 289 g/mol. The third kappa shape index (κ3) is 7.33. The highest BCUT2D eigenvalue weighted by molar-refractivity contribution is 6.11. The van der Waals surface area contributed by atoms with E-state index in [0.717, 1.165) is 32.5 Å². The fraction of sp³-hybridized carbons (Fsp3) is 0.778. The van der Waals surface area contributed by atoms with E-state index in [1.54, 1.807) is 0 Å². The zero-order valence-corrected chi connectivity index (χ0v) is 14.8. The zero-order valence-electron chi connectivity index (χ0n) is 14.8. The Kier molecular flexibility index (Phi) is 7.22. The first-order valence-corrected chi connectivity index (χ1v) is 8.11. The van der Waals surface area contributed by atoms with Gasteiger partial charge in [-0.15, -0.1) is 0 Å². The molecule has 1 saturated heterocycles. The van der Waals surface area contributed by atoms with Gasteiger partial charge in [-0.3, -0.25) is 4.90 Å². The van der Waals surface area contributed by atoms with Gasteiger partial charge in [-0.2, -0.15) is 0 Å². The van der Waals surface area contributed by atoms with Crippen molar-refractivity contribution < 1.29 is 4.74 Å². The molecule has 1 aliphatic rings. The van der Waals surface area contributed by atoms with Gasteiger partial charge in [0.15, 0.2) is 0 Å². The molecule has 1 aliphatic heterocycles. The topological polar surface area (TPSA) is 12.5 Å². The number of nitrogens with zero attached hydrogens (tertiary/aromatic N) is 1. The van der Waals surface area contributed by atoms with Crippen LogP contribution in [0.3, 0.4) is 0 Å². The van der Waals surface area contributed by atoms with Crippen molar-refractivity contribution in [1.82, 2.24) is 4.90 Å². The first-order chi connectivity index (χ1) is 9.68. The maximum Gasteiger partial charge on any atom is 0.110 e. The maximum absolute atomic E-state index is 6.04. The summed E-state index contributed by atoms with van der Waals surface area (Å²) >= 11 is 0. The number of allylic oxidation sites excluding steroid dienone is 3. The highest BCUT2D eigenvalue weighted by Crippen LogP contribution is 2.26. The minimum absolute atomic E-state index is 0.137. The van der Waals surface area contributed by atoms with Gasteiger partial charge in [0.05, 0.1) is 6.10 Å². The van der Waals surface area contributed by atoms with E-state index in [9.17, 15) is 0 Å². The van der Waals surface area contributed by atoms with E-state index in [2.05, 4.69) is 58.6 Å². The largest absolute Gasteiger partial charge is 0.382 e. The Labute approximate surface area is 133 Å². The molecule has 0 aromatic rings. The second-order valence-corrected chi connectivity index (χ2v) is 7.62. The van der Waals surface area contributed by atoms with Crippen molar-refractivity contribution in [2.45, 2.75) is 66.5 Å². The summed E-state index contributed by atoms with van der Waals surface area (Å²) in [4.78, 5) is 2.41. The van der Waals surface area contributed by atoms with Gasteiger partial charge in [-0.1, -0.05) is 44.1 Å². The number of hydrogen-bond acceptors (Lipinski definition) is 2. The van der Waals surface area contributed by atoms with Gasteiger partial charge in [-0.25, -0.2) is 0 Å². The van der Waals surface area contributed by atoms with E-state index in [1.165, 1.54) is 11.1 Å². The van der Waals surface area contributed by atoms with Gasteiger partial charge in [-0.05, 0) is 39.0 Å². The fourth-order valence-corrected chi connectivity index (χ4v) is 2.46. The molecule has 21 heavy (non-hydrogen) atoms. The molecule has 0 aromatic heterocycles. The molecule has 2 radical (unpaired) electrons. The predicted molar refractivity (Wildman–Crippen MR) is 92.7 cm³/mol. The average Bonchev–Trinajstić information content (AvgIpc) is 2.34. The summed E-state index contributed by atoms with van der Waals surface area (Å²) < 4.78 is 5.89. The van der Waals surface area contributed by atoms with E-state index >= 15 is 0 Å². The van der Waals surface area contributed by atoms with Crippen LogP contribution >= 0.6 is 0 Å². The van der Waals surface area contributed by atoms with Crippen molar-refractivity contribution in [1.29, 1.82) is 0 Å². The van der Waals surface area contributed by atoms with Crippen LogP contribution in [0.2, 0.25) is 0 Å². The summed E-state index contributed by atoms with van der Waals surface area (Å²) in [6.45, 7) is 15.9. The van der Waals surface area contributed by atoms with Gasteiger partial charge in [0.25, 0.3) is 0 Å². The predicted octanol–water partition coefficient (Wildman–Crippen LogP) is 3.92. The first-order valence-electron chi connectivity index (χ1n) is 8.11. The van der Waals surface area contributed by atoms with E-state index in [-0.39, 0.29) is 17.5 Å². The van der Waals surface area contributed by atoms with Crippen molar-refractivity contribution in [3.05, 3.63) is 23.3 Å². The second kappa shape index (κ2) is 8.19. The standard InChI is InChI=1S/C18H32BNO/c1-14(2)8-7-9-15(3)10-11-20-12-16(18(4,5)6)21-17(19)13-20/h8,10,16-17H,7,9,11-13H2,1-6H3/b15-10+. The third-order valence-corrected chi connectivity index (χ3v) is 3.96. The molecule has 0 bridgehead atoms. The van der Waals surface area contributed by atoms with E-state index in [0.29, 0.717) is 0 Å². The highest BCUT2D eigenvalue weighted by Gasteiger charge is 2.32. The van der Waals surface area contributed by atoms with Gasteiger partial charge in [0.1, 0.15) is 7.85 Å². The summed E-state index contributed by atoms with van der Waals surface area (Å²) in [6.07, 6.45) is 7.14. The Hall–Kier alpha value is -0.535. The van der Waals surface area contributed by atoms with Crippen LogP contribution in [0.4, 0.5) is 0 Å². The van der Waals surface area contributed by atoms with Crippen LogP contribution in [0.1, 0.15) is 54.4 Å². The molecular formula is C18H32BNO. The van der Waals surface area contributed by atoms with Crippen molar-refractivity contribution in [2.75, 3.05) is 19.6 Å². The normalized spacial score (nSPS) is 25.0. The lowest BCUT2D eigenvalue weighted by Crippen LogP contribution is -2.52. The minimum Gasteiger partial charge on any atom is -0.382 e. The second-order valence-electron chi connectivity index (χ2n) is 7.62. The van der Waals surface area contributed by atoms with Gasteiger partial charge < -0.3 is 4.74 Å². The summed E-state index contributed by atoms with van der Waals surface area (Å²) in [5.41, 5.74) is 2.99. The van der Waals surface area contributed by atoms with Gasteiger partial charge in [0.2, 0.25) is 0 Å². The molecule has 0 amide bonds. The Morgan fingerprint density at radius 2 is 1.86 bits per heavy atom. The van der Waals surface area contributed by atoms with Crippen molar-refractivity contribution >= 4 is 7.85 Å². The van der Waals surface area contributed by atoms with Crippen LogP contribution in [0.15, 0.2) is 23.3 Å². The van der Waals surface area contributed by atoms with Crippen molar-refractivity contribution in [3.63, 3.8) is 0 Å². The number of morpholine rings is 1. The minimum atomic E-state index is -0.164. The van der Waals surface area contributed by atoms with E-state index in [4.69, 9.17) is 12.6 Å². The van der Waals surface area contributed by atoms with Crippen LogP contribution in [-0.4, -0.2) is 44.5 Å². The Bertz CT molecular complexity index is 377. The molecule has 2 atom stereocenters. The number of rotatable bonds is 5. The Morgan fingerprint density at radius 3 is 2.43 bits per heavy atom.